The second kappa shape index (κ2) is 4.52. The first kappa shape index (κ1) is 10.9. The monoisotopic (exact) mass is 226 g/mol. The molecule has 2 nitrogen and oxygen atoms in total. The SMILES string of the molecule is CC1OCCC1C(O)c1cccc(Cl)c1. The normalized spacial score (nSPS) is 27.9. The molecule has 1 heterocycles. The van der Waals surface area contributed by atoms with Gasteiger partial charge in [0.1, 0.15) is 0 Å². The second-order valence-corrected chi connectivity index (χ2v) is 4.46. The van der Waals surface area contributed by atoms with Crippen LogP contribution in [0.15, 0.2) is 24.3 Å². The number of aliphatic hydroxyl groups is 1. The van der Waals surface area contributed by atoms with Crippen molar-refractivity contribution < 1.29 is 9.84 Å². The van der Waals surface area contributed by atoms with E-state index in [-0.39, 0.29) is 12.0 Å². The van der Waals surface area contributed by atoms with Crippen LogP contribution in [-0.4, -0.2) is 17.8 Å². The molecule has 1 saturated heterocycles. The summed E-state index contributed by atoms with van der Waals surface area (Å²) in [6.45, 7) is 2.74. The molecular weight excluding hydrogens is 212 g/mol. The number of ether oxygens (including phenoxy) is 1. The maximum atomic E-state index is 10.2. The standard InChI is InChI=1S/C12H15ClO2/c1-8-11(5-6-15-8)12(14)9-3-2-4-10(13)7-9/h2-4,7-8,11-12,14H,5-6H2,1H3. The first-order valence-corrected chi connectivity index (χ1v) is 5.61. The van der Waals surface area contributed by atoms with E-state index < -0.39 is 6.10 Å². The van der Waals surface area contributed by atoms with Gasteiger partial charge in [0, 0.05) is 17.5 Å². The summed E-state index contributed by atoms with van der Waals surface area (Å²) in [5.74, 6) is 0.184. The summed E-state index contributed by atoms with van der Waals surface area (Å²) in [6, 6.07) is 7.40. The molecule has 1 N–H and O–H groups in total. The number of rotatable bonds is 2. The van der Waals surface area contributed by atoms with E-state index in [0.29, 0.717) is 5.02 Å². The molecule has 0 aromatic heterocycles. The fraction of sp³-hybridized carbons (Fsp3) is 0.500. The highest BCUT2D eigenvalue weighted by atomic mass is 35.5. The van der Waals surface area contributed by atoms with Crippen molar-refractivity contribution in [1.29, 1.82) is 0 Å². The van der Waals surface area contributed by atoms with Crippen molar-refractivity contribution in [3.8, 4) is 0 Å². The topological polar surface area (TPSA) is 29.5 Å². The van der Waals surface area contributed by atoms with Gasteiger partial charge in [-0.15, -0.1) is 0 Å². The lowest BCUT2D eigenvalue weighted by Gasteiger charge is -2.21. The second-order valence-electron chi connectivity index (χ2n) is 4.03. The molecule has 1 aliphatic rings. The van der Waals surface area contributed by atoms with Gasteiger partial charge in [-0.2, -0.15) is 0 Å². The molecule has 1 aliphatic heterocycles. The molecular formula is C12H15ClO2. The van der Waals surface area contributed by atoms with Gasteiger partial charge in [-0.1, -0.05) is 23.7 Å². The molecule has 1 fully saturated rings. The molecule has 15 heavy (non-hydrogen) atoms. The first-order valence-electron chi connectivity index (χ1n) is 5.23. The van der Waals surface area contributed by atoms with E-state index in [2.05, 4.69) is 0 Å². The van der Waals surface area contributed by atoms with Gasteiger partial charge in [-0.25, -0.2) is 0 Å². The Morgan fingerprint density at radius 2 is 2.33 bits per heavy atom. The minimum atomic E-state index is -0.471. The van der Waals surface area contributed by atoms with E-state index in [1.165, 1.54) is 0 Å². The summed E-state index contributed by atoms with van der Waals surface area (Å²) in [5.41, 5.74) is 0.879. The first-order chi connectivity index (χ1) is 7.18. The van der Waals surface area contributed by atoms with Crippen LogP contribution in [0.2, 0.25) is 5.02 Å². The molecule has 3 unspecified atom stereocenters. The van der Waals surface area contributed by atoms with Crippen molar-refractivity contribution in [2.75, 3.05) is 6.61 Å². The van der Waals surface area contributed by atoms with Crippen LogP contribution in [0.4, 0.5) is 0 Å². The zero-order chi connectivity index (χ0) is 10.8. The fourth-order valence-electron chi connectivity index (χ4n) is 2.10. The van der Waals surface area contributed by atoms with Gasteiger partial charge in [-0.05, 0) is 31.0 Å². The molecule has 1 aromatic carbocycles. The van der Waals surface area contributed by atoms with Gasteiger partial charge < -0.3 is 9.84 Å². The van der Waals surface area contributed by atoms with Gasteiger partial charge in [-0.3, -0.25) is 0 Å². The molecule has 2 rings (SSSR count). The third-order valence-corrected chi connectivity index (χ3v) is 3.27. The quantitative estimate of drug-likeness (QED) is 0.841. The summed E-state index contributed by atoms with van der Waals surface area (Å²) >= 11 is 5.89. The molecule has 3 heteroatoms. The Hall–Kier alpha value is -0.570. The third kappa shape index (κ3) is 2.33. The Balaban J connectivity index is 2.16. The Morgan fingerprint density at radius 3 is 2.93 bits per heavy atom. The van der Waals surface area contributed by atoms with E-state index in [1.54, 1.807) is 0 Å². The molecule has 0 aliphatic carbocycles. The number of aliphatic hydroxyl groups excluding tert-OH is 1. The Labute approximate surface area is 94.8 Å². The van der Waals surface area contributed by atoms with Crippen molar-refractivity contribution in [3.63, 3.8) is 0 Å². The molecule has 0 spiro atoms. The zero-order valence-electron chi connectivity index (χ0n) is 8.69. The summed E-state index contributed by atoms with van der Waals surface area (Å²) in [6.07, 6.45) is 0.565. The summed E-state index contributed by atoms with van der Waals surface area (Å²) < 4.78 is 5.45. The number of hydrogen-bond donors (Lipinski definition) is 1. The Bertz CT molecular complexity index is 340. The lowest BCUT2D eigenvalue weighted by molar-refractivity contribution is 0.0431. The third-order valence-electron chi connectivity index (χ3n) is 3.03. The highest BCUT2D eigenvalue weighted by Crippen LogP contribution is 2.33. The van der Waals surface area contributed by atoms with Crippen molar-refractivity contribution in [2.24, 2.45) is 5.92 Å². The summed E-state index contributed by atoms with van der Waals surface area (Å²) in [4.78, 5) is 0. The van der Waals surface area contributed by atoms with Gasteiger partial charge >= 0.3 is 0 Å². The smallest absolute Gasteiger partial charge is 0.0844 e. The van der Waals surface area contributed by atoms with Crippen molar-refractivity contribution in [3.05, 3.63) is 34.9 Å². The molecule has 0 radical (unpaired) electrons. The Morgan fingerprint density at radius 1 is 1.53 bits per heavy atom. The maximum absolute atomic E-state index is 10.2. The van der Waals surface area contributed by atoms with Crippen LogP contribution in [0, 0.1) is 5.92 Å². The lowest BCUT2D eigenvalue weighted by Crippen LogP contribution is -2.19. The van der Waals surface area contributed by atoms with Crippen LogP contribution in [0.5, 0.6) is 0 Å². The van der Waals surface area contributed by atoms with Crippen LogP contribution in [0.3, 0.4) is 0 Å². The van der Waals surface area contributed by atoms with Gasteiger partial charge in [0.2, 0.25) is 0 Å². The zero-order valence-corrected chi connectivity index (χ0v) is 9.45. The summed E-state index contributed by atoms with van der Waals surface area (Å²) in [5, 5.41) is 10.8. The van der Waals surface area contributed by atoms with Crippen LogP contribution in [0.1, 0.15) is 25.0 Å². The largest absolute Gasteiger partial charge is 0.388 e. The van der Waals surface area contributed by atoms with Gasteiger partial charge in [0.05, 0.1) is 12.2 Å². The molecule has 82 valence electrons. The molecule has 3 atom stereocenters. The predicted octanol–water partition coefficient (Wildman–Crippen LogP) is 2.80. The summed E-state index contributed by atoms with van der Waals surface area (Å²) in [7, 11) is 0. The van der Waals surface area contributed by atoms with Crippen molar-refractivity contribution in [2.45, 2.75) is 25.6 Å². The Kier molecular flexibility index (Phi) is 3.29. The number of hydrogen-bond acceptors (Lipinski definition) is 2. The van der Waals surface area contributed by atoms with E-state index in [4.69, 9.17) is 16.3 Å². The molecule has 0 bridgehead atoms. The highest BCUT2D eigenvalue weighted by Gasteiger charge is 2.31. The van der Waals surface area contributed by atoms with Gasteiger partial charge in [0.25, 0.3) is 0 Å². The van der Waals surface area contributed by atoms with E-state index in [1.807, 2.05) is 31.2 Å². The van der Waals surface area contributed by atoms with Crippen LogP contribution in [0.25, 0.3) is 0 Å². The van der Waals surface area contributed by atoms with Crippen LogP contribution >= 0.6 is 11.6 Å². The van der Waals surface area contributed by atoms with E-state index in [9.17, 15) is 5.11 Å². The maximum Gasteiger partial charge on any atom is 0.0844 e. The predicted molar refractivity (Wildman–Crippen MR) is 59.9 cm³/mol. The molecule has 0 amide bonds. The van der Waals surface area contributed by atoms with E-state index >= 15 is 0 Å². The molecule has 1 aromatic rings. The van der Waals surface area contributed by atoms with E-state index in [0.717, 1.165) is 18.6 Å². The number of halogens is 1. The highest BCUT2D eigenvalue weighted by molar-refractivity contribution is 6.30. The van der Waals surface area contributed by atoms with Crippen LogP contribution < -0.4 is 0 Å². The average Bonchev–Trinajstić information content (AvgIpc) is 2.63. The minimum absolute atomic E-state index is 0.124. The average molecular weight is 227 g/mol. The molecule has 0 saturated carbocycles. The van der Waals surface area contributed by atoms with Crippen molar-refractivity contribution in [1.82, 2.24) is 0 Å². The fourth-order valence-corrected chi connectivity index (χ4v) is 2.30. The van der Waals surface area contributed by atoms with Crippen LogP contribution in [-0.2, 0) is 4.74 Å². The minimum Gasteiger partial charge on any atom is -0.388 e. The lowest BCUT2D eigenvalue weighted by atomic mass is 9.91. The van der Waals surface area contributed by atoms with Crippen molar-refractivity contribution >= 4 is 11.6 Å². The number of benzene rings is 1. The van der Waals surface area contributed by atoms with Gasteiger partial charge in [0.15, 0.2) is 0 Å².